The summed E-state index contributed by atoms with van der Waals surface area (Å²) >= 11 is 0. The molecule has 0 amide bonds. The van der Waals surface area contributed by atoms with Gasteiger partial charge in [0.05, 0.1) is 5.69 Å². The molecule has 0 aliphatic rings. The second-order valence-electron chi connectivity index (χ2n) is 3.36. The highest BCUT2D eigenvalue weighted by Crippen LogP contribution is 2.21. The number of nitrogen functional groups attached to an aromatic ring is 1. The van der Waals surface area contributed by atoms with Gasteiger partial charge in [-0.25, -0.2) is 0 Å². The Morgan fingerprint density at radius 3 is 2.47 bits per heavy atom. The van der Waals surface area contributed by atoms with E-state index in [1.807, 2.05) is 30.3 Å². The summed E-state index contributed by atoms with van der Waals surface area (Å²) in [6.45, 7) is 0. The molecular weight excluding hydrogens is 188 g/mol. The van der Waals surface area contributed by atoms with Crippen LogP contribution < -0.4 is 5.73 Å². The van der Waals surface area contributed by atoms with Gasteiger partial charge >= 0.3 is 0 Å². The van der Waals surface area contributed by atoms with E-state index in [9.17, 15) is 5.11 Å². The summed E-state index contributed by atoms with van der Waals surface area (Å²) in [5.74, 6) is 0. The maximum absolute atomic E-state index is 10.0. The number of hydrogen-bond acceptors (Lipinski definition) is 3. The Morgan fingerprint density at radius 1 is 1.07 bits per heavy atom. The summed E-state index contributed by atoms with van der Waals surface area (Å²) in [7, 11) is 0. The molecule has 15 heavy (non-hydrogen) atoms. The largest absolute Gasteiger partial charge is 0.397 e. The molecule has 1 heterocycles. The second kappa shape index (κ2) is 4.11. The lowest BCUT2D eigenvalue weighted by molar-refractivity contribution is 0.220. The Balaban J connectivity index is 2.32. The van der Waals surface area contributed by atoms with Gasteiger partial charge < -0.3 is 10.8 Å². The van der Waals surface area contributed by atoms with Crippen molar-refractivity contribution >= 4 is 5.69 Å². The molecule has 1 atom stereocenters. The number of hydrogen-bond donors (Lipinski definition) is 2. The van der Waals surface area contributed by atoms with Crippen molar-refractivity contribution in [1.29, 1.82) is 0 Å². The molecule has 3 nitrogen and oxygen atoms in total. The van der Waals surface area contributed by atoms with Gasteiger partial charge in [-0.15, -0.1) is 0 Å². The minimum absolute atomic E-state index is 0.558. The van der Waals surface area contributed by atoms with Crippen LogP contribution in [0, 0.1) is 0 Å². The van der Waals surface area contributed by atoms with E-state index in [2.05, 4.69) is 4.98 Å². The zero-order chi connectivity index (χ0) is 10.7. The van der Waals surface area contributed by atoms with E-state index in [1.165, 1.54) is 0 Å². The summed E-state index contributed by atoms with van der Waals surface area (Å²) in [4.78, 5) is 3.95. The van der Waals surface area contributed by atoms with Gasteiger partial charge in [-0.05, 0) is 11.6 Å². The summed E-state index contributed by atoms with van der Waals surface area (Å²) in [6, 6.07) is 11.1. The van der Waals surface area contributed by atoms with Crippen LogP contribution in [0.5, 0.6) is 0 Å². The van der Waals surface area contributed by atoms with Gasteiger partial charge in [-0.3, -0.25) is 4.98 Å². The highest BCUT2D eigenvalue weighted by molar-refractivity contribution is 5.40. The molecule has 0 bridgehead atoms. The van der Waals surface area contributed by atoms with Gasteiger partial charge in [0.2, 0.25) is 0 Å². The normalized spacial score (nSPS) is 12.3. The van der Waals surface area contributed by atoms with Crippen LogP contribution in [0.1, 0.15) is 17.2 Å². The molecule has 0 saturated heterocycles. The third-order valence-electron chi connectivity index (χ3n) is 2.21. The first-order chi connectivity index (χ1) is 7.27. The standard InChI is InChI=1S/C12H12N2O/c13-11-6-10(7-14-8-11)12(15)9-4-2-1-3-5-9/h1-8,12,15H,13H2/t12-/m0/s1. The summed E-state index contributed by atoms with van der Waals surface area (Å²) in [5.41, 5.74) is 7.71. The first kappa shape index (κ1) is 9.68. The Labute approximate surface area is 88.2 Å². The number of nitrogens with zero attached hydrogens (tertiary/aromatic N) is 1. The molecule has 3 heteroatoms. The number of aromatic nitrogens is 1. The molecule has 0 spiro atoms. The van der Waals surface area contributed by atoms with Crippen molar-refractivity contribution in [3.05, 3.63) is 59.9 Å². The predicted molar refractivity (Wildman–Crippen MR) is 59.2 cm³/mol. The van der Waals surface area contributed by atoms with Crippen molar-refractivity contribution in [3.8, 4) is 0 Å². The van der Waals surface area contributed by atoms with Crippen LogP contribution in [0.15, 0.2) is 48.8 Å². The summed E-state index contributed by atoms with van der Waals surface area (Å²) < 4.78 is 0. The van der Waals surface area contributed by atoms with Crippen molar-refractivity contribution in [3.63, 3.8) is 0 Å². The van der Waals surface area contributed by atoms with E-state index >= 15 is 0 Å². The van der Waals surface area contributed by atoms with Gasteiger partial charge in [-0.2, -0.15) is 0 Å². The first-order valence-corrected chi connectivity index (χ1v) is 4.71. The molecule has 2 aromatic rings. The fourth-order valence-electron chi connectivity index (χ4n) is 1.45. The third-order valence-corrected chi connectivity index (χ3v) is 2.21. The minimum Gasteiger partial charge on any atom is -0.397 e. The fraction of sp³-hybridized carbons (Fsp3) is 0.0833. The number of nitrogens with two attached hydrogens (primary N) is 1. The van der Waals surface area contributed by atoms with Gasteiger partial charge in [0.1, 0.15) is 6.10 Å². The molecule has 0 radical (unpaired) electrons. The number of rotatable bonds is 2. The van der Waals surface area contributed by atoms with Gasteiger partial charge in [0, 0.05) is 18.0 Å². The SMILES string of the molecule is Nc1cncc([C@@H](O)c2ccccc2)c1. The molecule has 1 aromatic heterocycles. The Kier molecular flexibility index (Phi) is 2.65. The van der Waals surface area contributed by atoms with Gasteiger partial charge in [0.15, 0.2) is 0 Å². The Morgan fingerprint density at radius 2 is 1.80 bits per heavy atom. The number of pyridine rings is 1. The van der Waals surface area contributed by atoms with E-state index in [-0.39, 0.29) is 0 Å². The second-order valence-corrected chi connectivity index (χ2v) is 3.36. The maximum Gasteiger partial charge on any atom is 0.106 e. The first-order valence-electron chi connectivity index (χ1n) is 4.71. The number of aliphatic hydroxyl groups is 1. The lowest BCUT2D eigenvalue weighted by atomic mass is 10.0. The summed E-state index contributed by atoms with van der Waals surface area (Å²) in [5, 5.41) is 10.0. The highest BCUT2D eigenvalue weighted by Gasteiger charge is 2.09. The van der Waals surface area contributed by atoms with Crippen LogP contribution in [0.2, 0.25) is 0 Å². The van der Waals surface area contributed by atoms with Crippen molar-refractivity contribution in [2.24, 2.45) is 0 Å². The lowest BCUT2D eigenvalue weighted by Crippen LogP contribution is -2.01. The number of aliphatic hydroxyl groups excluding tert-OH is 1. The monoisotopic (exact) mass is 200 g/mol. The zero-order valence-electron chi connectivity index (χ0n) is 8.17. The van der Waals surface area contributed by atoms with Crippen LogP contribution in [0.25, 0.3) is 0 Å². The van der Waals surface area contributed by atoms with Crippen LogP contribution in [-0.4, -0.2) is 10.1 Å². The van der Waals surface area contributed by atoms with Crippen molar-refractivity contribution < 1.29 is 5.11 Å². The van der Waals surface area contributed by atoms with Gasteiger partial charge in [-0.1, -0.05) is 30.3 Å². The van der Waals surface area contributed by atoms with E-state index in [4.69, 9.17) is 5.73 Å². The van der Waals surface area contributed by atoms with Crippen LogP contribution in [0.3, 0.4) is 0 Å². The van der Waals surface area contributed by atoms with E-state index in [0.717, 1.165) is 5.56 Å². The lowest BCUT2D eigenvalue weighted by Gasteiger charge is -2.10. The minimum atomic E-state index is -0.665. The van der Waals surface area contributed by atoms with Crippen molar-refractivity contribution in [2.45, 2.75) is 6.10 Å². The van der Waals surface area contributed by atoms with E-state index < -0.39 is 6.10 Å². The summed E-state index contributed by atoms with van der Waals surface area (Å²) in [6.07, 6.45) is 2.51. The highest BCUT2D eigenvalue weighted by atomic mass is 16.3. The van der Waals surface area contributed by atoms with Crippen LogP contribution in [0.4, 0.5) is 5.69 Å². The molecule has 2 rings (SSSR count). The van der Waals surface area contributed by atoms with Crippen molar-refractivity contribution in [1.82, 2.24) is 4.98 Å². The maximum atomic E-state index is 10.0. The molecule has 0 saturated carbocycles. The quantitative estimate of drug-likeness (QED) is 0.776. The Bertz CT molecular complexity index is 442. The molecule has 0 aliphatic carbocycles. The fourth-order valence-corrected chi connectivity index (χ4v) is 1.45. The molecule has 0 aliphatic heterocycles. The topological polar surface area (TPSA) is 59.1 Å². The molecule has 0 unspecified atom stereocenters. The van der Waals surface area contributed by atoms with E-state index in [0.29, 0.717) is 11.3 Å². The number of anilines is 1. The van der Waals surface area contributed by atoms with Crippen LogP contribution >= 0.6 is 0 Å². The smallest absolute Gasteiger partial charge is 0.106 e. The average Bonchev–Trinajstić information content (AvgIpc) is 2.29. The molecule has 3 N–H and O–H groups in total. The van der Waals surface area contributed by atoms with Crippen molar-refractivity contribution in [2.75, 3.05) is 5.73 Å². The molecular formula is C12H12N2O. The molecule has 76 valence electrons. The predicted octanol–water partition coefficient (Wildman–Crippen LogP) is 1.75. The van der Waals surface area contributed by atoms with E-state index in [1.54, 1.807) is 18.5 Å². The molecule has 1 aromatic carbocycles. The zero-order valence-corrected chi connectivity index (χ0v) is 8.17. The Hall–Kier alpha value is -1.87. The van der Waals surface area contributed by atoms with Crippen LogP contribution in [-0.2, 0) is 0 Å². The average molecular weight is 200 g/mol. The number of benzene rings is 1. The van der Waals surface area contributed by atoms with Gasteiger partial charge in [0.25, 0.3) is 0 Å². The molecule has 0 fully saturated rings. The third kappa shape index (κ3) is 2.14.